The fourth-order valence-electron chi connectivity index (χ4n) is 1.24. The Hall–Kier alpha value is -1.20. The van der Waals surface area contributed by atoms with E-state index < -0.39 is 0 Å². The highest BCUT2D eigenvalue weighted by Crippen LogP contribution is 2.31. The van der Waals surface area contributed by atoms with Gasteiger partial charge >= 0.3 is 0 Å². The molecule has 0 aliphatic rings. The standard InChI is InChI=1S/C11H10BrNO2S/c12-7-4-8(16-6-7)5-15-10-3-1-2-9(14)11(10)13/h1-4,6,14H,5,13H2. The first-order valence-electron chi connectivity index (χ1n) is 4.60. The molecule has 0 fully saturated rings. The number of para-hydroxylation sites is 1. The largest absolute Gasteiger partial charge is 0.506 e. The molecule has 0 saturated carbocycles. The molecule has 3 nitrogen and oxygen atoms in total. The quantitative estimate of drug-likeness (QED) is 0.675. The first kappa shape index (κ1) is 11.3. The fraction of sp³-hybridized carbons (Fsp3) is 0.0909. The van der Waals surface area contributed by atoms with Crippen molar-refractivity contribution in [2.75, 3.05) is 5.73 Å². The van der Waals surface area contributed by atoms with Crippen molar-refractivity contribution >= 4 is 33.0 Å². The molecular formula is C11H10BrNO2S. The van der Waals surface area contributed by atoms with E-state index in [1.807, 2.05) is 11.4 Å². The van der Waals surface area contributed by atoms with Gasteiger partial charge < -0.3 is 15.6 Å². The van der Waals surface area contributed by atoms with Crippen LogP contribution < -0.4 is 10.5 Å². The van der Waals surface area contributed by atoms with Crippen molar-refractivity contribution in [1.82, 2.24) is 0 Å². The van der Waals surface area contributed by atoms with E-state index in [4.69, 9.17) is 10.5 Å². The summed E-state index contributed by atoms with van der Waals surface area (Å²) < 4.78 is 6.56. The maximum Gasteiger partial charge on any atom is 0.146 e. The van der Waals surface area contributed by atoms with Crippen molar-refractivity contribution in [3.05, 3.63) is 39.0 Å². The average Bonchev–Trinajstić information content (AvgIpc) is 2.67. The summed E-state index contributed by atoms with van der Waals surface area (Å²) in [6.45, 7) is 0.448. The number of halogens is 1. The van der Waals surface area contributed by atoms with Gasteiger partial charge in [-0.05, 0) is 34.1 Å². The summed E-state index contributed by atoms with van der Waals surface area (Å²) in [6, 6.07) is 6.96. The number of phenolic OH excluding ortho intramolecular Hbond substituents is 1. The van der Waals surface area contributed by atoms with Crippen LogP contribution in [0.5, 0.6) is 11.5 Å². The van der Waals surface area contributed by atoms with Crippen LogP contribution in [0.3, 0.4) is 0 Å². The van der Waals surface area contributed by atoms with Gasteiger partial charge in [-0.1, -0.05) is 6.07 Å². The lowest BCUT2D eigenvalue weighted by molar-refractivity contribution is 0.310. The molecule has 3 N–H and O–H groups in total. The second-order valence-electron chi connectivity index (χ2n) is 3.21. The van der Waals surface area contributed by atoms with Crippen LogP contribution in [-0.4, -0.2) is 5.11 Å². The third-order valence-corrected chi connectivity index (χ3v) is 3.71. The smallest absolute Gasteiger partial charge is 0.146 e. The van der Waals surface area contributed by atoms with Gasteiger partial charge in [0.2, 0.25) is 0 Å². The number of benzene rings is 1. The number of aromatic hydroxyl groups is 1. The lowest BCUT2D eigenvalue weighted by atomic mass is 10.3. The molecule has 0 saturated heterocycles. The van der Waals surface area contributed by atoms with Crippen molar-refractivity contribution in [1.29, 1.82) is 0 Å². The normalized spacial score (nSPS) is 10.3. The Kier molecular flexibility index (Phi) is 3.36. The molecule has 1 aromatic carbocycles. The number of phenols is 1. The Morgan fingerprint density at radius 1 is 1.44 bits per heavy atom. The molecule has 0 aliphatic heterocycles. The van der Waals surface area contributed by atoms with E-state index in [9.17, 15) is 5.11 Å². The average molecular weight is 300 g/mol. The van der Waals surface area contributed by atoms with Gasteiger partial charge in [-0.15, -0.1) is 11.3 Å². The molecule has 0 aliphatic carbocycles. The van der Waals surface area contributed by atoms with Crippen molar-refractivity contribution in [3.8, 4) is 11.5 Å². The summed E-state index contributed by atoms with van der Waals surface area (Å²) in [4.78, 5) is 1.09. The summed E-state index contributed by atoms with van der Waals surface area (Å²) in [7, 11) is 0. The first-order chi connectivity index (χ1) is 7.66. The zero-order valence-corrected chi connectivity index (χ0v) is 10.7. The van der Waals surface area contributed by atoms with Crippen molar-refractivity contribution in [2.45, 2.75) is 6.61 Å². The third kappa shape index (κ3) is 2.48. The Bertz CT molecular complexity index is 498. The van der Waals surface area contributed by atoms with Gasteiger partial charge in [-0.25, -0.2) is 0 Å². The van der Waals surface area contributed by atoms with Gasteiger partial charge in [0.25, 0.3) is 0 Å². The maximum absolute atomic E-state index is 9.39. The molecule has 5 heteroatoms. The van der Waals surface area contributed by atoms with E-state index in [0.717, 1.165) is 9.35 Å². The van der Waals surface area contributed by atoms with Crippen molar-refractivity contribution in [3.63, 3.8) is 0 Å². The van der Waals surface area contributed by atoms with Gasteiger partial charge in [0, 0.05) is 14.7 Å². The zero-order valence-electron chi connectivity index (χ0n) is 8.31. The fourth-order valence-corrected chi connectivity index (χ4v) is 2.60. The Morgan fingerprint density at radius 2 is 2.25 bits per heavy atom. The highest BCUT2D eigenvalue weighted by Gasteiger charge is 2.05. The van der Waals surface area contributed by atoms with Crippen LogP contribution >= 0.6 is 27.3 Å². The van der Waals surface area contributed by atoms with Crippen LogP contribution in [0.4, 0.5) is 5.69 Å². The predicted octanol–water partition coefficient (Wildman–Crippen LogP) is 3.38. The van der Waals surface area contributed by atoms with E-state index in [0.29, 0.717) is 12.4 Å². The molecule has 0 radical (unpaired) electrons. The molecule has 0 bridgehead atoms. The van der Waals surface area contributed by atoms with E-state index in [-0.39, 0.29) is 11.4 Å². The van der Waals surface area contributed by atoms with Crippen LogP contribution in [-0.2, 0) is 6.61 Å². The van der Waals surface area contributed by atoms with Crippen LogP contribution in [0.1, 0.15) is 4.88 Å². The van der Waals surface area contributed by atoms with Gasteiger partial charge in [-0.3, -0.25) is 0 Å². The first-order valence-corrected chi connectivity index (χ1v) is 6.27. The number of nitrogen functional groups attached to an aromatic ring is 1. The lowest BCUT2D eigenvalue weighted by Crippen LogP contribution is -1.97. The minimum Gasteiger partial charge on any atom is -0.506 e. The SMILES string of the molecule is Nc1c(O)cccc1OCc1cc(Br)cs1. The molecule has 0 atom stereocenters. The molecule has 1 heterocycles. The predicted molar refractivity (Wildman–Crippen MR) is 68.9 cm³/mol. The summed E-state index contributed by atoms with van der Waals surface area (Å²) in [5.74, 6) is 0.550. The van der Waals surface area contributed by atoms with Crippen LogP contribution in [0.15, 0.2) is 34.1 Å². The number of thiophene rings is 1. The van der Waals surface area contributed by atoms with E-state index in [1.54, 1.807) is 23.5 Å². The second kappa shape index (κ2) is 4.76. The van der Waals surface area contributed by atoms with Gasteiger partial charge in [0.1, 0.15) is 23.8 Å². The number of anilines is 1. The van der Waals surface area contributed by atoms with Crippen LogP contribution in [0.25, 0.3) is 0 Å². The van der Waals surface area contributed by atoms with Gasteiger partial charge in [0.05, 0.1) is 0 Å². The van der Waals surface area contributed by atoms with E-state index >= 15 is 0 Å². The van der Waals surface area contributed by atoms with Crippen molar-refractivity contribution < 1.29 is 9.84 Å². The Balaban J connectivity index is 2.07. The third-order valence-electron chi connectivity index (χ3n) is 2.03. The maximum atomic E-state index is 9.39. The number of hydrogen-bond donors (Lipinski definition) is 2. The van der Waals surface area contributed by atoms with E-state index in [1.165, 1.54) is 6.07 Å². The molecule has 0 amide bonds. The topological polar surface area (TPSA) is 55.5 Å². The van der Waals surface area contributed by atoms with Gasteiger partial charge in [-0.2, -0.15) is 0 Å². The van der Waals surface area contributed by atoms with Gasteiger partial charge in [0.15, 0.2) is 0 Å². The minimum atomic E-state index is 0.0462. The zero-order chi connectivity index (χ0) is 11.5. The number of ether oxygens (including phenoxy) is 1. The summed E-state index contributed by atoms with van der Waals surface area (Å²) >= 11 is 4.98. The molecule has 2 aromatic rings. The monoisotopic (exact) mass is 299 g/mol. The molecule has 16 heavy (non-hydrogen) atoms. The lowest BCUT2D eigenvalue weighted by Gasteiger charge is -2.08. The highest BCUT2D eigenvalue weighted by atomic mass is 79.9. The summed E-state index contributed by atoms with van der Waals surface area (Å²) in [5.41, 5.74) is 5.95. The van der Waals surface area contributed by atoms with Crippen LogP contribution in [0, 0.1) is 0 Å². The summed E-state index contributed by atoms with van der Waals surface area (Å²) in [6.07, 6.45) is 0. The number of hydrogen-bond acceptors (Lipinski definition) is 4. The van der Waals surface area contributed by atoms with Crippen molar-refractivity contribution in [2.24, 2.45) is 0 Å². The summed E-state index contributed by atoms with van der Waals surface area (Å²) in [5, 5.41) is 11.4. The molecule has 0 spiro atoms. The van der Waals surface area contributed by atoms with E-state index in [2.05, 4.69) is 15.9 Å². The minimum absolute atomic E-state index is 0.0462. The highest BCUT2D eigenvalue weighted by molar-refractivity contribution is 9.10. The number of rotatable bonds is 3. The molecule has 1 aromatic heterocycles. The second-order valence-corrected chi connectivity index (χ2v) is 5.12. The van der Waals surface area contributed by atoms with Crippen LogP contribution in [0.2, 0.25) is 0 Å². The molecule has 84 valence electrons. The Labute approximate surface area is 106 Å². The molecular weight excluding hydrogens is 290 g/mol. The molecule has 2 rings (SSSR count). The molecule has 0 unspecified atom stereocenters. The Morgan fingerprint density at radius 3 is 2.94 bits per heavy atom. The number of nitrogens with two attached hydrogens (primary N) is 1.